The number of hydrogen-bond donors (Lipinski definition) is 1. The molecule has 7 heteroatoms. The average molecular weight is 327 g/mol. The van der Waals surface area contributed by atoms with E-state index in [1.165, 1.54) is 12.8 Å². The summed E-state index contributed by atoms with van der Waals surface area (Å²) in [4.78, 5) is 25.8. The Labute approximate surface area is 135 Å². The first-order chi connectivity index (χ1) is 10.7. The molecule has 23 heavy (non-hydrogen) atoms. The number of halogens is 2. The zero-order chi connectivity index (χ0) is 17.1. The molecule has 1 saturated heterocycles. The number of nitrogens with one attached hydrogen (secondary N) is 1. The minimum atomic E-state index is -3.06. The van der Waals surface area contributed by atoms with Gasteiger partial charge < -0.3 is 10.2 Å². The number of nitrogens with zero attached hydrogens (tertiary/aromatic N) is 2. The number of likely N-dealkylation sites (tertiary alicyclic amines) is 1. The van der Waals surface area contributed by atoms with Crippen LogP contribution in [-0.4, -0.2) is 41.8 Å². The van der Waals surface area contributed by atoms with Gasteiger partial charge in [-0.25, -0.2) is 13.6 Å². The molecule has 0 bridgehead atoms. The lowest BCUT2D eigenvalue weighted by atomic mass is 9.94. The Hall–Kier alpha value is -1.71. The zero-order valence-electron chi connectivity index (χ0n) is 13.4. The number of carbonyl (C=O) groups is 2. The molecule has 1 N–H and O–H groups in total. The van der Waals surface area contributed by atoms with Crippen LogP contribution in [-0.2, 0) is 4.79 Å². The SMILES string of the molecule is CC(F)(F)C[C@H](NC(=O)N1CCC2(CC1)CC2)C(=O)CCC#N. The summed E-state index contributed by atoms with van der Waals surface area (Å²) in [6.07, 6.45) is 3.41. The number of alkyl halides is 2. The van der Waals surface area contributed by atoms with Crippen LogP contribution in [0.3, 0.4) is 0 Å². The second-order valence-electron chi connectivity index (χ2n) is 6.89. The first kappa shape index (κ1) is 17.6. The van der Waals surface area contributed by atoms with Crippen LogP contribution in [0.5, 0.6) is 0 Å². The third-order valence-corrected chi connectivity index (χ3v) is 4.80. The third kappa shape index (κ3) is 5.15. The Bertz CT molecular complexity index is 496. The minimum Gasteiger partial charge on any atom is -0.328 e. The van der Waals surface area contributed by atoms with E-state index in [0.717, 1.165) is 19.8 Å². The second kappa shape index (κ2) is 6.81. The first-order valence-corrected chi connectivity index (χ1v) is 8.08. The summed E-state index contributed by atoms with van der Waals surface area (Å²) >= 11 is 0. The monoisotopic (exact) mass is 327 g/mol. The lowest BCUT2D eigenvalue weighted by Gasteiger charge is -2.33. The van der Waals surface area contributed by atoms with Crippen LogP contribution in [0.1, 0.15) is 51.9 Å². The number of nitriles is 1. The maximum atomic E-state index is 13.3. The van der Waals surface area contributed by atoms with Crippen LogP contribution < -0.4 is 5.32 Å². The molecule has 1 saturated carbocycles. The Morgan fingerprint density at radius 3 is 2.39 bits per heavy atom. The molecule has 1 atom stereocenters. The molecule has 2 aliphatic rings. The molecular weight excluding hydrogens is 304 g/mol. The minimum absolute atomic E-state index is 0.0350. The molecule has 1 spiro atoms. The molecule has 5 nitrogen and oxygen atoms in total. The normalized spacial score (nSPS) is 20.7. The van der Waals surface area contributed by atoms with Crippen molar-refractivity contribution >= 4 is 11.8 Å². The van der Waals surface area contributed by atoms with Crippen LogP contribution in [0, 0.1) is 16.7 Å². The van der Waals surface area contributed by atoms with E-state index in [1.54, 1.807) is 4.90 Å². The summed E-state index contributed by atoms with van der Waals surface area (Å²) in [6.45, 7) is 1.93. The fourth-order valence-corrected chi connectivity index (χ4v) is 3.06. The quantitative estimate of drug-likeness (QED) is 0.815. The third-order valence-electron chi connectivity index (χ3n) is 4.80. The molecule has 1 heterocycles. The maximum Gasteiger partial charge on any atom is 0.317 e. The van der Waals surface area contributed by atoms with Crippen molar-refractivity contribution in [1.29, 1.82) is 5.26 Å². The predicted octanol–water partition coefficient (Wildman–Crippen LogP) is 2.86. The number of Topliss-reactive ketones (excluding diaryl/α,β-unsaturated/α-hetero) is 1. The van der Waals surface area contributed by atoms with Gasteiger partial charge in [-0.3, -0.25) is 4.79 Å². The number of ketones is 1. The lowest BCUT2D eigenvalue weighted by Crippen LogP contribution is -2.51. The van der Waals surface area contributed by atoms with Gasteiger partial charge in [0, 0.05) is 32.4 Å². The van der Waals surface area contributed by atoms with Crippen molar-refractivity contribution in [2.45, 2.75) is 63.8 Å². The number of amides is 2. The van der Waals surface area contributed by atoms with Crippen molar-refractivity contribution in [2.24, 2.45) is 5.41 Å². The second-order valence-corrected chi connectivity index (χ2v) is 6.89. The summed E-state index contributed by atoms with van der Waals surface area (Å²) in [5, 5.41) is 11.0. The molecule has 0 aromatic carbocycles. The Balaban J connectivity index is 1.91. The molecule has 0 radical (unpaired) electrons. The van der Waals surface area contributed by atoms with Gasteiger partial charge in [0.25, 0.3) is 0 Å². The van der Waals surface area contributed by atoms with E-state index < -0.39 is 30.2 Å². The zero-order valence-corrected chi connectivity index (χ0v) is 13.4. The lowest BCUT2D eigenvalue weighted by molar-refractivity contribution is -0.123. The summed E-state index contributed by atoms with van der Waals surface area (Å²) in [5.74, 6) is -3.57. The van der Waals surface area contributed by atoms with Gasteiger partial charge in [-0.15, -0.1) is 0 Å². The van der Waals surface area contributed by atoms with Gasteiger partial charge in [-0.05, 0) is 38.0 Å². The summed E-state index contributed by atoms with van der Waals surface area (Å²) in [6, 6.07) is 0.116. The molecule has 1 aliphatic carbocycles. The van der Waals surface area contributed by atoms with Crippen molar-refractivity contribution < 1.29 is 18.4 Å². The largest absolute Gasteiger partial charge is 0.328 e. The number of carbonyl (C=O) groups excluding carboxylic acids is 2. The van der Waals surface area contributed by atoms with Gasteiger partial charge in [0.15, 0.2) is 5.78 Å². The maximum absolute atomic E-state index is 13.3. The van der Waals surface area contributed by atoms with Gasteiger partial charge in [-0.2, -0.15) is 5.26 Å². The van der Waals surface area contributed by atoms with Gasteiger partial charge in [-0.1, -0.05) is 0 Å². The smallest absolute Gasteiger partial charge is 0.317 e. The van der Waals surface area contributed by atoms with Crippen LogP contribution in [0.15, 0.2) is 0 Å². The highest BCUT2D eigenvalue weighted by atomic mass is 19.3. The molecule has 0 aromatic heterocycles. The Kier molecular flexibility index (Phi) is 5.23. The van der Waals surface area contributed by atoms with E-state index in [-0.39, 0.29) is 12.8 Å². The van der Waals surface area contributed by atoms with Crippen LogP contribution in [0.25, 0.3) is 0 Å². The topological polar surface area (TPSA) is 73.2 Å². The van der Waals surface area contributed by atoms with Crippen molar-refractivity contribution in [3.63, 3.8) is 0 Å². The molecule has 128 valence electrons. The number of hydrogen-bond acceptors (Lipinski definition) is 3. The van der Waals surface area contributed by atoms with E-state index in [2.05, 4.69) is 5.32 Å². The van der Waals surface area contributed by atoms with Crippen molar-refractivity contribution in [1.82, 2.24) is 10.2 Å². The highest BCUT2D eigenvalue weighted by molar-refractivity contribution is 5.88. The van der Waals surface area contributed by atoms with Gasteiger partial charge in [0.2, 0.25) is 5.92 Å². The molecule has 2 fully saturated rings. The van der Waals surface area contributed by atoms with Crippen molar-refractivity contribution in [3.8, 4) is 6.07 Å². The number of rotatable bonds is 6. The van der Waals surface area contributed by atoms with Gasteiger partial charge >= 0.3 is 6.03 Å². The van der Waals surface area contributed by atoms with E-state index >= 15 is 0 Å². The first-order valence-electron chi connectivity index (χ1n) is 8.08. The molecule has 2 rings (SSSR count). The van der Waals surface area contributed by atoms with E-state index in [1.807, 2.05) is 6.07 Å². The van der Waals surface area contributed by atoms with Crippen LogP contribution >= 0.6 is 0 Å². The van der Waals surface area contributed by atoms with E-state index in [9.17, 15) is 18.4 Å². The summed E-state index contributed by atoms with van der Waals surface area (Å²) in [7, 11) is 0. The summed E-state index contributed by atoms with van der Waals surface area (Å²) in [5.41, 5.74) is 0.412. The van der Waals surface area contributed by atoms with Crippen LogP contribution in [0.2, 0.25) is 0 Å². The van der Waals surface area contributed by atoms with E-state index in [0.29, 0.717) is 18.5 Å². The standard InChI is InChI=1S/C16H23F2N3O2/c1-15(17,18)11-12(13(22)3-2-8-19)20-14(23)21-9-6-16(4-5-16)7-10-21/h12H,2-7,9-11H2,1H3,(H,20,23)/t12-/m0/s1. The Morgan fingerprint density at radius 1 is 1.30 bits per heavy atom. The van der Waals surface area contributed by atoms with E-state index in [4.69, 9.17) is 5.26 Å². The predicted molar refractivity (Wildman–Crippen MR) is 79.9 cm³/mol. The Morgan fingerprint density at radius 2 is 1.91 bits per heavy atom. The molecule has 0 aromatic rings. The summed E-state index contributed by atoms with van der Waals surface area (Å²) < 4.78 is 26.6. The fourth-order valence-electron chi connectivity index (χ4n) is 3.06. The van der Waals surface area contributed by atoms with Crippen molar-refractivity contribution in [3.05, 3.63) is 0 Å². The highest BCUT2D eigenvalue weighted by Gasteiger charge is 2.45. The van der Waals surface area contributed by atoms with Gasteiger partial charge in [0.05, 0.1) is 12.1 Å². The molecule has 2 amide bonds. The number of urea groups is 1. The molecular formula is C16H23F2N3O2. The van der Waals surface area contributed by atoms with Crippen LogP contribution in [0.4, 0.5) is 13.6 Å². The molecule has 1 aliphatic heterocycles. The molecule has 0 unspecified atom stereocenters. The highest BCUT2D eigenvalue weighted by Crippen LogP contribution is 2.53. The average Bonchev–Trinajstić information content (AvgIpc) is 3.22. The fraction of sp³-hybridized carbons (Fsp3) is 0.812. The van der Waals surface area contributed by atoms with Gasteiger partial charge in [0.1, 0.15) is 0 Å². The van der Waals surface area contributed by atoms with Crippen molar-refractivity contribution in [2.75, 3.05) is 13.1 Å². The number of piperidine rings is 1.